The summed E-state index contributed by atoms with van der Waals surface area (Å²) in [5.41, 5.74) is 2.50. The van der Waals surface area contributed by atoms with E-state index in [-0.39, 0.29) is 12.2 Å². The first-order valence-electron chi connectivity index (χ1n) is 10.4. The van der Waals surface area contributed by atoms with Gasteiger partial charge in [0.2, 0.25) is 0 Å². The maximum Gasteiger partial charge on any atom is 0.264 e. The van der Waals surface area contributed by atoms with Gasteiger partial charge in [-0.1, -0.05) is 41.4 Å². The standard InChI is InChI=1S/C24H26BrNO3/c1-2-3-12-26-21-11-10-19(25)14-20(21)24(29,23(26)28)15-22(27)18-9-8-16-6-4-5-7-17(16)13-18/h8-11,13-14,29H,2-7,12,15H2,1H3/t24-/m0/s1. The van der Waals surface area contributed by atoms with Gasteiger partial charge in [-0.3, -0.25) is 9.59 Å². The maximum atomic E-state index is 13.2. The van der Waals surface area contributed by atoms with Crippen LogP contribution in [0.1, 0.15) is 66.1 Å². The first-order valence-corrected chi connectivity index (χ1v) is 11.2. The summed E-state index contributed by atoms with van der Waals surface area (Å²) in [5.74, 6) is -0.595. The number of hydrogen-bond acceptors (Lipinski definition) is 3. The van der Waals surface area contributed by atoms with Crippen molar-refractivity contribution in [3.05, 3.63) is 63.1 Å². The fraction of sp³-hybridized carbons (Fsp3) is 0.417. The Morgan fingerprint density at radius 1 is 1.14 bits per heavy atom. The minimum atomic E-state index is -1.82. The number of aliphatic hydroxyl groups is 1. The Hall–Kier alpha value is -1.98. The molecule has 0 unspecified atom stereocenters. The van der Waals surface area contributed by atoms with Gasteiger partial charge in [0.15, 0.2) is 11.4 Å². The summed E-state index contributed by atoms with van der Waals surface area (Å²) in [4.78, 5) is 27.9. The Labute approximate surface area is 180 Å². The molecule has 2 aromatic rings. The van der Waals surface area contributed by atoms with Crippen LogP contribution >= 0.6 is 15.9 Å². The Bertz CT molecular complexity index is 971. The number of hydrogen-bond donors (Lipinski definition) is 1. The largest absolute Gasteiger partial charge is 0.375 e. The first kappa shape index (κ1) is 20.3. The molecule has 0 fully saturated rings. The summed E-state index contributed by atoms with van der Waals surface area (Å²) >= 11 is 3.44. The number of carbonyl (C=O) groups is 2. The van der Waals surface area contributed by atoms with Crippen LogP contribution in [0.15, 0.2) is 40.9 Å². The van der Waals surface area contributed by atoms with Crippen molar-refractivity contribution in [2.75, 3.05) is 11.4 Å². The highest BCUT2D eigenvalue weighted by Gasteiger charge is 2.50. The van der Waals surface area contributed by atoms with E-state index in [2.05, 4.69) is 22.9 Å². The molecule has 4 nitrogen and oxygen atoms in total. The predicted octanol–water partition coefficient (Wildman–Crippen LogP) is 4.94. The zero-order chi connectivity index (χ0) is 20.6. The Morgan fingerprint density at radius 3 is 2.66 bits per heavy atom. The van der Waals surface area contributed by atoms with E-state index in [0.29, 0.717) is 23.4 Å². The van der Waals surface area contributed by atoms with Crippen LogP contribution in [0.3, 0.4) is 0 Å². The van der Waals surface area contributed by atoms with E-state index in [9.17, 15) is 14.7 Å². The first-order chi connectivity index (χ1) is 13.9. The molecular formula is C24H26BrNO3. The zero-order valence-electron chi connectivity index (χ0n) is 16.7. The van der Waals surface area contributed by atoms with E-state index in [0.717, 1.165) is 36.6 Å². The van der Waals surface area contributed by atoms with Crippen LogP contribution in [0.5, 0.6) is 0 Å². The summed E-state index contributed by atoms with van der Waals surface area (Å²) in [6.45, 7) is 2.61. The molecule has 152 valence electrons. The summed E-state index contributed by atoms with van der Waals surface area (Å²) in [6, 6.07) is 11.3. The van der Waals surface area contributed by atoms with Gasteiger partial charge >= 0.3 is 0 Å². The second-order valence-electron chi connectivity index (χ2n) is 8.12. The van der Waals surface area contributed by atoms with E-state index in [1.807, 2.05) is 30.3 Å². The average molecular weight is 456 g/mol. The quantitative estimate of drug-likeness (QED) is 0.627. The third kappa shape index (κ3) is 3.66. The van der Waals surface area contributed by atoms with Crippen molar-refractivity contribution in [2.45, 2.75) is 57.5 Å². The molecule has 0 spiro atoms. The third-order valence-corrected chi connectivity index (χ3v) is 6.61. The monoisotopic (exact) mass is 455 g/mol. The number of unbranched alkanes of at least 4 members (excludes halogenated alkanes) is 1. The number of benzene rings is 2. The minimum Gasteiger partial charge on any atom is -0.375 e. The lowest BCUT2D eigenvalue weighted by Crippen LogP contribution is -2.42. The van der Waals surface area contributed by atoms with E-state index < -0.39 is 11.5 Å². The molecule has 1 amide bonds. The highest BCUT2D eigenvalue weighted by molar-refractivity contribution is 9.10. The fourth-order valence-electron chi connectivity index (χ4n) is 4.47. The number of rotatable bonds is 6. The molecule has 0 aromatic heterocycles. The van der Waals surface area contributed by atoms with Gasteiger partial charge in [-0.15, -0.1) is 0 Å². The highest BCUT2D eigenvalue weighted by Crippen LogP contribution is 2.44. The van der Waals surface area contributed by atoms with E-state index in [4.69, 9.17) is 0 Å². The number of Topliss-reactive ketones (excluding diaryl/α,β-unsaturated/α-hetero) is 1. The van der Waals surface area contributed by atoms with Gasteiger partial charge in [-0.05, 0) is 67.5 Å². The number of ketones is 1. The number of fused-ring (bicyclic) bond motifs is 2. The van der Waals surface area contributed by atoms with Gasteiger partial charge in [0.25, 0.3) is 5.91 Å². The molecule has 4 rings (SSSR count). The van der Waals surface area contributed by atoms with E-state index in [1.54, 1.807) is 11.0 Å². The van der Waals surface area contributed by atoms with Gasteiger partial charge in [-0.2, -0.15) is 0 Å². The summed E-state index contributed by atoms with van der Waals surface area (Å²) in [7, 11) is 0. The Kier molecular flexibility index (Phi) is 5.63. The number of anilines is 1. The van der Waals surface area contributed by atoms with Crippen molar-refractivity contribution < 1.29 is 14.7 Å². The number of nitrogens with zero attached hydrogens (tertiary/aromatic N) is 1. The lowest BCUT2D eigenvalue weighted by molar-refractivity contribution is -0.135. The average Bonchev–Trinajstić information content (AvgIpc) is 2.92. The van der Waals surface area contributed by atoms with Crippen LogP contribution < -0.4 is 4.90 Å². The summed E-state index contributed by atoms with van der Waals surface area (Å²) in [6.07, 6.45) is 5.92. The fourth-order valence-corrected chi connectivity index (χ4v) is 4.83. The molecule has 1 heterocycles. The molecule has 1 aliphatic carbocycles. The zero-order valence-corrected chi connectivity index (χ0v) is 18.3. The van der Waals surface area contributed by atoms with Gasteiger partial charge in [-0.25, -0.2) is 0 Å². The van der Waals surface area contributed by atoms with Crippen molar-refractivity contribution in [2.24, 2.45) is 0 Å². The number of carbonyl (C=O) groups excluding carboxylic acids is 2. The molecule has 1 aliphatic heterocycles. The Morgan fingerprint density at radius 2 is 1.90 bits per heavy atom. The van der Waals surface area contributed by atoms with Crippen LogP contribution in [0.25, 0.3) is 0 Å². The maximum absolute atomic E-state index is 13.2. The van der Waals surface area contributed by atoms with Crippen molar-refractivity contribution in [1.29, 1.82) is 0 Å². The van der Waals surface area contributed by atoms with Crippen LogP contribution in [0, 0.1) is 0 Å². The van der Waals surface area contributed by atoms with Crippen molar-refractivity contribution >= 4 is 33.3 Å². The molecule has 2 aromatic carbocycles. The molecule has 2 aliphatic rings. The van der Waals surface area contributed by atoms with Gasteiger partial charge in [0.1, 0.15) is 0 Å². The van der Waals surface area contributed by atoms with Crippen molar-refractivity contribution in [3.8, 4) is 0 Å². The van der Waals surface area contributed by atoms with Crippen molar-refractivity contribution in [1.82, 2.24) is 0 Å². The second-order valence-corrected chi connectivity index (χ2v) is 9.04. The molecule has 29 heavy (non-hydrogen) atoms. The van der Waals surface area contributed by atoms with Crippen LogP contribution in [0.2, 0.25) is 0 Å². The van der Waals surface area contributed by atoms with Gasteiger partial charge in [0.05, 0.1) is 12.1 Å². The normalized spacial score (nSPS) is 20.5. The second kappa shape index (κ2) is 8.04. The SMILES string of the molecule is CCCCN1C(=O)[C@](O)(CC(=O)c2ccc3c(c2)CCCC3)c2cc(Br)ccc21. The molecule has 0 bridgehead atoms. The molecule has 0 saturated heterocycles. The molecule has 1 N–H and O–H groups in total. The minimum absolute atomic E-state index is 0.197. The van der Waals surface area contributed by atoms with Crippen LogP contribution in [-0.4, -0.2) is 23.3 Å². The summed E-state index contributed by atoms with van der Waals surface area (Å²) in [5, 5.41) is 11.4. The lowest BCUT2D eigenvalue weighted by Gasteiger charge is -2.23. The summed E-state index contributed by atoms with van der Waals surface area (Å²) < 4.78 is 0.779. The number of aryl methyl sites for hydroxylation is 2. The van der Waals surface area contributed by atoms with Crippen LogP contribution in [0.4, 0.5) is 5.69 Å². The highest BCUT2D eigenvalue weighted by atomic mass is 79.9. The molecular weight excluding hydrogens is 430 g/mol. The van der Waals surface area contributed by atoms with Gasteiger partial charge < -0.3 is 10.0 Å². The number of amides is 1. The molecule has 0 radical (unpaired) electrons. The molecule has 1 atom stereocenters. The smallest absolute Gasteiger partial charge is 0.264 e. The number of halogens is 1. The molecule has 5 heteroatoms. The van der Waals surface area contributed by atoms with Crippen LogP contribution in [-0.2, 0) is 23.2 Å². The van der Waals surface area contributed by atoms with E-state index >= 15 is 0 Å². The van der Waals surface area contributed by atoms with Gasteiger partial charge in [0, 0.05) is 22.1 Å². The third-order valence-electron chi connectivity index (χ3n) is 6.12. The van der Waals surface area contributed by atoms with E-state index in [1.165, 1.54) is 17.5 Å². The lowest BCUT2D eigenvalue weighted by atomic mass is 9.85. The molecule has 0 saturated carbocycles. The Balaban J connectivity index is 1.66. The topological polar surface area (TPSA) is 57.6 Å². The predicted molar refractivity (Wildman–Crippen MR) is 117 cm³/mol. The van der Waals surface area contributed by atoms with Crippen molar-refractivity contribution in [3.63, 3.8) is 0 Å².